The highest BCUT2D eigenvalue weighted by atomic mass is 16.5. The number of carbonyl (C=O) groups excluding carboxylic acids is 2. The first kappa shape index (κ1) is 15.6. The van der Waals surface area contributed by atoms with Gasteiger partial charge in [0.2, 0.25) is 5.91 Å². The third-order valence-electron chi connectivity index (χ3n) is 4.19. The smallest absolute Gasteiger partial charge is 0.407 e. The number of hydrogen-bond donors (Lipinski definition) is 1. The molecule has 6 nitrogen and oxygen atoms in total. The van der Waals surface area contributed by atoms with Crippen LogP contribution in [0.15, 0.2) is 0 Å². The third kappa shape index (κ3) is 3.67. The number of methoxy groups -OCH3 is 1. The van der Waals surface area contributed by atoms with Crippen LogP contribution in [0.5, 0.6) is 0 Å². The first-order valence-corrected chi connectivity index (χ1v) is 7.36. The van der Waals surface area contributed by atoms with Crippen molar-refractivity contribution in [3.8, 4) is 12.3 Å². The summed E-state index contributed by atoms with van der Waals surface area (Å²) < 4.78 is 9.97. The van der Waals surface area contributed by atoms with E-state index in [1.54, 1.807) is 4.90 Å². The average Bonchev–Trinajstić information content (AvgIpc) is 3.01. The number of alkyl carbamates (subject to hydrolysis) is 1. The zero-order valence-corrected chi connectivity index (χ0v) is 12.3. The topological polar surface area (TPSA) is 67.9 Å². The van der Waals surface area contributed by atoms with Gasteiger partial charge in [-0.05, 0) is 31.6 Å². The van der Waals surface area contributed by atoms with E-state index in [2.05, 4.69) is 16.0 Å². The van der Waals surface area contributed by atoms with Gasteiger partial charge >= 0.3 is 6.09 Å². The summed E-state index contributed by atoms with van der Waals surface area (Å²) >= 11 is 0. The lowest BCUT2D eigenvalue weighted by Gasteiger charge is -2.33. The van der Waals surface area contributed by atoms with E-state index in [1.165, 1.54) is 7.11 Å². The number of nitrogens with zero attached hydrogens (tertiary/aromatic N) is 1. The quantitative estimate of drug-likeness (QED) is 0.780. The van der Waals surface area contributed by atoms with Gasteiger partial charge in [0.1, 0.15) is 6.04 Å². The highest BCUT2D eigenvalue weighted by Gasteiger charge is 2.38. The summed E-state index contributed by atoms with van der Waals surface area (Å²) in [5.41, 5.74) is 0. The zero-order chi connectivity index (χ0) is 15.2. The molecule has 2 amide bonds. The van der Waals surface area contributed by atoms with Gasteiger partial charge < -0.3 is 19.7 Å². The molecular weight excluding hydrogens is 272 g/mol. The molecule has 2 heterocycles. The molecule has 0 aromatic carbocycles. The predicted octanol–water partition coefficient (Wildman–Crippen LogP) is 0.762. The van der Waals surface area contributed by atoms with Crippen molar-refractivity contribution in [1.82, 2.24) is 10.2 Å². The number of rotatable bonds is 3. The molecule has 2 aliphatic heterocycles. The molecule has 0 radical (unpaired) electrons. The molecule has 2 unspecified atom stereocenters. The van der Waals surface area contributed by atoms with Gasteiger partial charge in [-0.1, -0.05) is 5.92 Å². The largest absolute Gasteiger partial charge is 0.453 e. The molecule has 0 saturated carbocycles. The standard InChI is InChI=1S/C15H22N2O4/c1-3-12-5-4-8-17(12)14(18)13(16-15(19)20-2)11-6-9-21-10-7-11/h1,11-13H,4-10H2,2H3,(H,16,19). The van der Waals surface area contributed by atoms with Crippen molar-refractivity contribution in [2.75, 3.05) is 26.9 Å². The van der Waals surface area contributed by atoms with Crippen LogP contribution in [0.25, 0.3) is 0 Å². The van der Waals surface area contributed by atoms with E-state index in [9.17, 15) is 9.59 Å². The fraction of sp³-hybridized carbons (Fsp3) is 0.733. The summed E-state index contributed by atoms with van der Waals surface area (Å²) in [6, 6.07) is -0.755. The van der Waals surface area contributed by atoms with Crippen molar-refractivity contribution in [2.45, 2.75) is 37.8 Å². The molecule has 21 heavy (non-hydrogen) atoms. The lowest BCUT2D eigenvalue weighted by Crippen LogP contribution is -2.54. The summed E-state index contributed by atoms with van der Waals surface area (Å²) in [4.78, 5) is 26.0. The maximum Gasteiger partial charge on any atom is 0.407 e. The van der Waals surface area contributed by atoms with Crippen LogP contribution in [-0.2, 0) is 14.3 Å². The second-order valence-electron chi connectivity index (χ2n) is 5.42. The predicted molar refractivity (Wildman–Crippen MR) is 76.4 cm³/mol. The molecule has 0 spiro atoms. The van der Waals surface area contributed by atoms with Gasteiger partial charge in [0.15, 0.2) is 0 Å². The van der Waals surface area contributed by atoms with Crippen LogP contribution in [0.1, 0.15) is 25.7 Å². The fourth-order valence-electron chi connectivity index (χ4n) is 3.00. The van der Waals surface area contributed by atoms with Gasteiger partial charge in [0.25, 0.3) is 0 Å². The average molecular weight is 294 g/mol. The molecule has 0 bridgehead atoms. The molecule has 0 aliphatic carbocycles. The van der Waals surface area contributed by atoms with Crippen molar-refractivity contribution in [2.24, 2.45) is 5.92 Å². The third-order valence-corrected chi connectivity index (χ3v) is 4.19. The number of hydrogen-bond acceptors (Lipinski definition) is 4. The summed E-state index contributed by atoms with van der Waals surface area (Å²) in [6.45, 7) is 1.86. The van der Waals surface area contributed by atoms with Crippen molar-refractivity contribution in [1.29, 1.82) is 0 Å². The Morgan fingerprint density at radius 1 is 1.38 bits per heavy atom. The molecule has 2 aliphatic rings. The van der Waals surface area contributed by atoms with Gasteiger partial charge in [0.05, 0.1) is 13.2 Å². The van der Waals surface area contributed by atoms with Crippen LogP contribution in [-0.4, -0.2) is 55.9 Å². The lowest BCUT2D eigenvalue weighted by molar-refractivity contribution is -0.135. The zero-order valence-electron chi connectivity index (χ0n) is 12.3. The van der Waals surface area contributed by atoms with E-state index >= 15 is 0 Å². The molecule has 6 heteroatoms. The monoisotopic (exact) mass is 294 g/mol. The molecule has 116 valence electrons. The van der Waals surface area contributed by atoms with E-state index in [0.717, 1.165) is 25.7 Å². The molecule has 2 saturated heterocycles. The molecule has 2 atom stereocenters. The summed E-state index contributed by atoms with van der Waals surface area (Å²) in [5, 5.41) is 2.68. The summed E-state index contributed by atoms with van der Waals surface area (Å²) in [5.74, 6) is 2.61. The Morgan fingerprint density at radius 2 is 2.10 bits per heavy atom. The number of likely N-dealkylation sites (tertiary alicyclic amines) is 1. The SMILES string of the molecule is C#CC1CCCN1C(=O)C(NC(=O)OC)C1CCOCC1. The van der Waals surface area contributed by atoms with E-state index < -0.39 is 12.1 Å². The van der Waals surface area contributed by atoms with Crippen LogP contribution in [0.4, 0.5) is 4.79 Å². The van der Waals surface area contributed by atoms with Gasteiger partial charge in [-0.15, -0.1) is 6.42 Å². The number of nitrogens with one attached hydrogen (secondary N) is 1. The maximum absolute atomic E-state index is 12.8. The highest BCUT2D eigenvalue weighted by Crippen LogP contribution is 2.24. The minimum Gasteiger partial charge on any atom is -0.453 e. The maximum atomic E-state index is 12.8. The van der Waals surface area contributed by atoms with Gasteiger partial charge in [0, 0.05) is 19.8 Å². The number of terminal acetylenes is 1. The molecule has 1 N–H and O–H groups in total. The van der Waals surface area contributed by atoms with E-state index in [-0.39, 0.29) is 17.9 Å². The van der Waals surface area contributed by atoms with Crippen LogP contribution in [0, 0.1) is 18.3 Å². The number of ether oxygens (including phenoxy) is 2. The summed E-state index contributed by atoms with van der Waals surface area (Å²) in [7, 11) is 1.29. The van der Waals surface area contributed by atoms with Gasteiger partial charge in [-0.2, -0.15) is 0 Å². The van der Waals surface area contributed by atoms with Gasteiger partial charge in [-0.3, -0.25) is 4.79 Å². The van der Waals surface area contributed by atoms with Crippen LogP contribution >= 0.6 is 0 Å². The van der Waals surface area contributed by atoms with Crippen molar-refractivity contribution < 1.29 is 19.1 Å². The number of carbonyl (C=O) groups is 2. The Morgan fingerprint density at radius 3 is 2.71 bits per heavy atom. The van der Waals surface area contributed by atoms with Crippen LogP contribution < -0.4 is 5.32 Å². The fourth-order valence-corrected chi connectivity index (χ4v) is 3.00. The Labute approximate surface area is 125 Å². The normalized spacial score (nSPS) is 24.2. The summed E-state index contributed by atoms with van der Waals surface area (Å²) in [6.07, 6.45) is 8.12. The second kappa shape index (κ2) is 7.32. The molecular formula is C15H22N2O4. The Bertz CT molecular complexity index is 426. The van der Waals surface area contributed by atoms with Crippen LogP contribution in [0.3, 0.4) is 0 Å². The Hall–Kier alpha value is -1.74. The Balaban J connectivity index is 2.11. The lowest BCUT2D eigenvalue weighted by atomic mass is 9.90. The van der Waals surface area contributed by atoms with Gasteiger partial charge in [-0.25, -0.2) is 4.79 Å². The molecule has 0 aromatic rings. The molecule has 2 fully saturated rings. The van der Waals surface area contributed by atoms with E-state index in [4.69, 9.17) is 11.2 Å². The van der Waals surface area contributed by atoms with Crippen LogP contribution in [0.2, 0.25) is 0 Å². The second-order valence-corrected chi connectivity index (χ2v) is 5.42. The first-order chi connectivity index (χ1) is 10.2. The van der Waals surface area contributed by atoms with Crippen molar-refractivity contribution in [3.63, 3.8) is 0 Å². The highest BCUT2D eigenvalue weighted by molar-refractivity contribution is 5.86. The van der Waals surface area contributed by atoms with E-state index in [1.807, 2.05) is 0 Å². The Kier molecular flexibility index (Phi) is 5.45. The minimum absolute atomic E-state index is 0.0596. The minimum atomic E-state index is -0.588. The van der Waals surface area contributed by atoms with E-state index in [0.29, 0.717) is 19.8 Å². The van der Waals surface area contributed by atoms with Crippen molar-refractivity contribution in [3.05, 3.63) is 0 Å². The number of amides is 2. The first-order valence-electron chi connectivity index (χ1n) is 7.36. The molecule has 0 aromatic heterocycles. The molecule has 2 rings (SSSR count). The van der Waals surface area contributed by atoms with Crippen molar-refractivity contribution >= 4 is 12.0 Å².